The number of furan rings is 1. The van der Waals surface area contributed by atoms with Crippen molar-refractivity contribution in [3.63, 3.8) is 0 Å². The van der Waals surface area contributed by atoms with Crippen LogP contribution >= 0.6 is 11.3 Å². The van der Waals surface area contributed by atoms with Crippen LogP contribution in [0.1, 0.15) is 56.0 Å². The minimum absolute atomic E-state index is 0.119. The third-order valence-electron chi connectivity index (χ3n) is 7.03. The highest BCUT2D eigenvalue weighted by atomic mass is 32.1. The SMILES string of the molecule is CCc1cc2cc(C3C(C)=NC(NCc4nccs4)=NC3NC3C[C@H](CO)[C@@H](C)C3)oc2cn1. The van der Waals surface area contributed by atoms with E-state index in [0.29, 0.717) is 24.3 Å². The van der Waals surface area contributed by atoms with Crippen molar-refractivity contribution in [3.05, 3.63) is 46.4 Å². The van der Waals surface area contributed by atoms with Gasteiger partial charge in [-0.3, -0.25) is 10.3 Å². The van der Waals surface area contributed by atoms with Gasteiger partial charge >= 0.3 is 0 Å². The van der Waals surface area contributed by atoms with Gasteiger partial charge in [-0.1, -0.05) is 13.8 Å². The minimum atomic E-state index is -0.217. The summed E-state index contributed by atoms with van der Waals surface area (Å²) in [5.41, 5.74) is 2.78. The molecule has 0 amide bonds. The van der Waals surface area contributed by atoms with Crippen LogP contribution in [-0.2, 0) is 13.0 Å². The van der Waals surface area contributed by atoms with E-state index in [1.54, 1.807) is 17.5 Å². The largest absolute Gasteiger partial charge is 0.459 e. The van der Waals surface area contributed by atoms with Crippen molar-refractivity contribution in [1.29, 1.82) is 0 Å². The molecule has 0 spiro atoms. The second-order valence-corrected chi connectivity index (χ2v) is 10.4. The molecular weight excluding hydrogens is 448 g/mol. The van der Waals surface area contributed by atoms with Crippen LogP contribution in [0.5, 0.6) is 0 Å². The summed E-state index contributed by atoms with van der Waals surface area (Å²) in [4.78, 5) is 18.6. The molecule has 5 atom stereocenters. The molecule has 0 bridgehead atoms. The number of pyridine rings is 1. The molecule has 4 heterocycles. The fourth-order valence-electron chi connectivity index (χ4n) is 5.10. The van der Waals surface area contributed by atoms with Crippen molar-refractivity contribution in [1.82, 2.24) is 20.6 Å². The molecule has 0 radical (unpaired) electrons. The van der Waals surface area contributed by atoms with Crippen LogP contribution in [0.15, 0.2) is 44.3 Å². The van der Waals surface area contributed by atoms with Crippen molar-refractivity contribution < 1.29 is 9.52 Å². The first-order chi connectivity index (χ1) is 16.5. The highest BCUT2D eigenvalue weighted by molar-refractivity contribution is 7.09. The molecule has 1 saturated carbocycles. The van der Waals surface area contributed by atoms with E-state index in [0.717, 1.165) is 52.4 Å². The van der Waals surface area contributed by atoms with Gasteiger partial charge in [0.2, 0.25) is 5.96 Å². The van der Waals surface area contributed by atoms with E-state index in [1.807, 2.05) is 18.5 Å². The number of aliphatic hydroxyl groups excluding tert-OH is 1. The lowest BCUT2D eigenvalue weighted by molar-refractivity contribution is 0.200. The predicted octanol–water partition coefficient (Wildman–Crippen LogP) is 3.87. The van der Waals surface area contributed by atoms with E-state index in [-0.39, 0.29) is 24.7 Å². The predicted molar refractivity (Wildman–Crippen MR) is 135 cm³/mol. The Hall–Kier alpha value is -2.62. The van der Waals surface area contributed by atoms with Crippen molar-refractivity contribution >= 4 is 34.0 Å². The van der Waals surface area contributed by atoms with Crippen LogP contribution in [0, 0.1) is 11.8 Å². The zero-order valence-corrected chi connectivity index (χ0v) is 20.7. The Kier molecular flexibility index (Phi) is 6.76. The maximum atomic E-state index is 9.75. The van der Waals surface area contributed by atoms with Crippen molar-refractivity contribution in [3.8, 4) is 0 Å². The van der Waals surface area contributed by atoms with Crippen LogP contribution in [0.4, 0.5) is 0 Å². The Bertz CT molecular complexity index is 1190. The Morgan fingerprint density at radius 1 is 1.24 bits per heavy atom. The van der Waals surface area contributed by atoms with Gasteiger partial charge in [-0.15, -0.1) is 11.3 Å². The lowest BCUT2D eigenvalue weighted by atomic mass is 9.95. The molecule has 1 aliphatic carbocycles. The monoisotopic (exact) mass is 480 g/mol. The molecule has 2 aliphatic rings. The van der Waals surface area contributed by atoms with Crippen LogP contribution < -0.4 is 10.6 Å². The number of guanidine groups is 1. The molecule has 3 N–H and O–H groups in total. The molecular formula is C25H32N6O2S. The molecule has 1 aliphatic heterocycles. The zero-order valence-electron chi connectivity index (χ0n) is 19.9. The number of aliphatic hydroxyl groups is 1. The number of thiazole rings is 1. The normalized spacial score (nSPS) is 27.1. The number of aliphatic imine (C=N–C) groups is 2. The summed E-state index contributed by atoms with van der Waals surface area (Å²) in [5, 5.41) is 20.9. The molecule has 3 aromatic heterocycles. The van der Waals surface area contributed by atoms with E-state index in [2.05, 4.69) is 46.6 Å². The Morgan fingerprint density at radius 2 is 2.12 bits per heavy atom. The molecule has 34 heavy (non-hydrogen) atoms. The average Bonchev–Trinajstić information content (AvgIpc) is 3.56. The molecule has 8 nitrogen and oxygen atoms in total. The smallest absolute Gasteiger partial charge is 0.219 e. The van der Waals surface area contributed by atoms with E-state index in [9.17, 15) is 5.11 Å². The summed E-state index contributed by atoms with van der Waals surface area (Å²) in [5.74, 6) is 2.14. The first-order valence-electron chi connectivity index (χ1n) is 12.0. The molecule has 1 fully saturated rings. The first kappa shape index (κ1) is 23.1. The Balaban J connectivity index is 1.43. The molecule has 0 aromatic carbocycles. The molecule has 9 heteroatoms. The van der Waals surface area contributed by atoms with Crippen LogP contribution in [0.3, 0.4) is 0 Å². The fourth-order valence-corrected chi connectivity index (χ4v) is 5.66. The molecule has 3 aromatic rings. The van der Waals surface area contributed by atoms with E-state index < -0.39 is 0 Å². The van der Waals surface area contributed by atoms with Crippen LogP contribution in [-0.4, -0.2) is 45.6 Å². The Labute approximate surface area is 203 Å². The summed E-state index contributed by atoms with van der Waals surface area (Å²) in [6, 6.07) is 4.48. The highest BCUT2D eigenvalue weighted by Crippen LogP contribution is 2.35. The number of fused-ring (bicyclic) bond motifs is 1. The lowest BCUT2D eigenvalue weighted by Crippen LogP contribution is -2.45. The van der Waals surface area contributed by atoms with Crippen LogP contribution in [0.2, 0.25) is 0 Å². The quantitative estimate of drug-likeness (QED) is 0.474. The van der Waals surface area contributed by atoms with Gasteiger partial charge in [0.1, 0.15) is 16.9 Å². The van der Waals surface area contributed by atoms with Gasteiger partial charge in [-0.2, -0.15) is 0 Å². The maximum Gasteiger partial charge on any atom is 0.219 e. The lowest BCUT2D eigenvalue weighted by Gasteiger charge is -2.30. The van der Waals surface area contributed by atoms with Crippen molar-refractivity contribution in [2.75, 3.05) is 6.61 Å². The van der Waals surface area contributed by atoms with Gasteiger partial charge in [-0.25, -0.2) is 15.0 Å². The minimum Gasteiger partial charge on any atom is -0.459 e. The van der Waals surface area contributed by atoms with Gasteiger partial charge in [-0.05, 0) is 50.2 Å². The topological polar surface area (TPSA) is 108 Å². The van der Waals surface area contributed by atoms with Crippen molar-refractivity contribution in [2.24, 2.45) is 21.8 Å². The third kappa shape index (κ3) is 4.78. The third-order valence-corrected chi connectivity index (χ3v) is 7.81. The first-order valence-corrected chi connectivity index (χ1v) is 12.9. The van der Waals surface area contributed by atoms with Gasteiger partial charge in [0.15, 0.2) is 5.58 Å². The summed E-state index contributed by atoms with van der Waals surface area (Å²) in [6.45, 7) is 7.18. The highest BCUT2D eigenvalue weighted by Gasteiger charge is 2.37. The van der Waals surface area contributed by atoms with E-state index in [1.165, 1.54) is 0 Å². The number of hydrogen-bond acceptors (Lipinski definition) is 9. The number of aromatic nitrogens is 2. The second kappa shape index (κ2) is 9.93. The maximum absolute atomic E-state index is 9.75. The summed E-state index contributed by atoms with van der Waals surface area (Å²) >= 11 is 1.61. The molecule has 180 valence electrons. The van der Waals surface area contributed by atoms with Gasteiger partial charge in [0.25, 0.3) is 0 Å². The zero-order chi connectivity index (χ0) is 23.7. The van der Waals surface area contributed by atoms with Gasteiger partial charge < -0.3 is 14.8 Å². The van der Waals surface area contributed by atoms with Crippen molar-refractivity contribution in [2.45, 2.75) is 64.7 Å². The van der Waals surface area contributed by atoms with Gasteiger partial charge in [0, 0.05) is 41.0 Å². The number of aryl methyl sites for hydroxylation is 1. The Morgan fingerprint density at radius 3 is 2.85 bits per heavy atom. The number of nitrogens with one attached hydrogen (secondary N) is 2. The fraction of sp³-hybridized carbons (Fsp3) is 0.520. The number of rotatable bonds is 7. The summed E-state index contributed by atoms with van der Waals surface area (Å²) in [6.07, 6.45) is 6.24. The van der Waals surface area contributed by atoms with E-state index in [4.69, 9.17) is 14.4 Å². The number of hydrogen-bond donors (Lipinski definition) is 3. The second-order valence-electron chi connectivity index (χ2n) is 9.38. The molecule has 0 saturated heterocycles. The van der Waals surface area contributed by atoms with E-state index >= 15 is 0 Å². The van der Waals surface area contributed by atoms with Crippen LogP contribution in [0.25, 0.3) is 11.0 Å². The number of nitrogens with zero attached hydrogens (tertiary/aromatic N) is 4. The standard InChI is InChI=1S/C25H32N6O2S/c1-4-18-8-16-10-20(33-21(16)11-27-18)23-15(3)29-25(28-12-22-26-5-6-34-22)31-24(23)30-19-7-14(2)17(9-19)13-32/h5-6,8,10-11,14,17,19,23-24,30,32H,4,7,9,12-13H2,1-3H3,(H,28,31)/t14-,17+,19?,23?,24?/m0/s1. The summed E-state index contributed by atoms with van der Waals surface area (Å²) < 4.78 is 6.27. The molecule has 3 unspecified atom stereocenters. The summed E-state index contributed by atoms with van der Waals surface area (Å²) in [7, 11) is 0. The molecule has 5 rings (SSSR count). The average molecular weight is 481 g/mol. The van der Waals surface area contributed by atoms with Gasteiger partial charge in [0.05, 0.1) is 18.7 Å².